The fourth-order valence-electron chi connectivity index (χ4n) is 2.16. The number of nitrogens with two attached hydrogens (primary N) is 1. The van der Waals surface area contributed by atoms with Gasteiger partial charge in [-0.3, -0.25) is 4.57 Å². The van der Waals surface area contributed by atoms with Gasteiger partial charge >= 0.3 is 0 Å². The average Bonchev–Trinajstić information content (AvgIpc) is 2.84. The third kappa shape index (κ3) is 1.89. The number of aromatic hydroxyl groups is 1. The molecule has 0 fully saturated rings. The van der Waals surface area contributed by atoms with Crippen LogP contribution in [0.5, 0.6) is 5.75 Å². The Morgan fingerprint density at radius 3 is 2.50 bits per heavy atom. The van der Waals surface area contributed by atoms with Gasteiger partial charge < -0.3 is 10.8 Å². The zero-order valence-electron chi connectivity index (χ0n) is 11.0. The van der Waals surface area contributed by atoms with Gasteiger partial charge in [0.25, 0.3) is 0 Å². The quantitative estimate of drug-likeness (QED) is 0.552. The average molecular weight is 266 g/mol. The van der Waals surface area contributed by atoms with E-state index in [1.807, 2.05) is 41.8 Å². The molecule has 0 aliphatic carbocycles. The molecule has 0 aliphatic heterocycles. The predicted octanol–water partition coefficient (Wildman–Crippen LogP) is 2.53. The molecule has 20 heavy (non-hydrogen) atoms. The Morgan fingerprint density at radius 1 is 1.00 bits per heavy atom. The summed E-state index contributed by atoms with van der Waals surface area (Å²) in [5.41, 5.74) is 7.57. The van der Waals surface area contributed by atoms with Crippen LogP contribution in [0.15, 0.2) is 48.5 Å². The van der Waals surface area contributed by atoms with E-state index >= 15 is 0 Å². The molecule has 0 saturated heterocycles. The highest BCUT2D eigenvalue weighted by Crippen LogP contribution is 2.33. The van der Waals surface area contributed by atoms with Crippen molar-refractivity contribution in [1.82, 2.24) is 14.8 Å². The fourth-order valence-corrected chi connectivity index (χ4v) is 2.16. The first-order valence-electron chi connectivity index (χ1n) is 6.24. The maximum Gasteiger partial charge on any atom is 0.172 e. The van der Waals surface area contributed by atoms with E-state index in [0.29, 0.717) is 17.1 Å². The molecular weight excluding hydrogens is 252 g/mol. The number of hydrogen-bond donors (Lipinski definition) is 2. The molecule has 3 N–H and O–H groups in total. The first-order chi connectivity index (χ1) is 9.68. The van der Waals surface area contributed by atoms with Crippen LogP contribution in [0.4, 0.5) is 5.69 Å². The summed E-state index contributed by atoms with van der Waals surface area (Å²) in [7, 11) is 0. The topological polar surface area (TPSA) is 77.0 Å². The Bertz CT molecular complexity index is 750. The molecule has 3 aromatic rings. The molecule has 1 aromatic heterocycles. The second-order valence-electron chi connectivity index (χ2n) is 4.49. The lowest BCUT2D eigenvalue weighted by atomic mass is 10.1. The molecule has 2 aromatic carbocycles. The number of phenols is 1. The largest absolute Gasteiger partial charge is 0.505 e. The van der Waals surface area contributed by atoms with Gasteiger partial charge in [-0.05, 0) is 31.2 Å². The summed E-state index contributed by atoms with van der Waals surface area (Å²) in [5.74, 6) is 1.34. The molecule has 0 aliphatic rings. The molecule has 3 rings (SSSR count). The second kappa shape index (κ2) is 4.70. The number of nitrogen functional groups attached to an aromatic ring is 1. The molecule has 5 heteroatoms. The highest BCUT2D eigenvalue weighted by Gasteiger charge is 2.16. The summed E-state index contributed by atoms with van der Waals surface area (Å²) >= 11 is 0. The van der Waals surface area contributed by atoms with Crippen molar-refractivity contribution in [2.75, 3.05) is 5.73 Å². The molecule has 1 heterocycles. The normalized spacial score (nSPS) is 10.7. The van der Waals surface area contributed by atoms with E-state index in [4.69, 9.17) is 5.73 Å². The minimum absolute atomic E-state index is 0.0251. The maximum atomic E-state index is 10.1. The molecule has 100 valence electrons. The van der Waals surface area contributed by atoms with Crippen molar-refractivity contribution < 1.29 is 5.11 Å². The van der Waals surface area contributed by atoms with Gasteiger partial charge in [-0.2, -0.15) is 0 Å². The lowest BCUT2D eigenvalue weighted by molar-refractivity contribution is 0.479. The van der Waals surface area contributed by atoms with Crippen molar-refractivity contribution >= 4 is 5.69 Å². The van der Waals surface area contributed by atoms with E-state index in [2.05, 4.69) is 10.2 Å². The zero-order valence-corrected chi connectivity index (χ0v) is 11.0. The number of nitrogens with zero attached hydrogens (tertiary/aromatic N) is 3. The van der Waals surface area contributed by atoms with Crippen molar-refractivity contribution in [2.24, 2.45) is 0 Å². The number of phenolic OH excluding ortho intramolecular Hbond substituents is 1. The lowest BCUT2D eigenvalue weighted by Gasteiger charge is -2.10. The smallest absolute Gasteiger partial charge is 0.172 e. The number of aromatic nitrogens is 3. The second-order valence-corrected chi connectivity index (χ2v) is 4.49. The van der Waals surface area contributed by atoms with E-state index in [1.54, 1.807) is 18.2 Å². The van der Waals surface area contributed by atoms with Crippen molar-refractivity contribution in [1.29, 1.82) is 0 Å². The van der Waals surface area contributed by atoms with Crippen molar-refractivity contribution in [3.63, 3.8) is 0 Å². The number of rotatable bonds is 2. The molecular formula is C15H14N4O. The number of para-hydroxylation sites is 2. The molecule has 0 unspecified atom stereocenters. The van der Waals surface area contributed by atoms with Crippen LogP contribution in [0.1, 0.15) is 5.82 Å². The number of aryl methyl sites for hydroxylation is 1. The highest BCUT2D eigenvalue weighted by atomic mass is 16.3. The molecule has 5 nitrogen and oxygen atoms in total. The summed E-state index contributed by atoms with van der Waals surface area (Å²) < 4.78 is 1.88. The van der Waals surface area contributed by atoms with E-state index in [0.717, 1.165) is 11.5 Å². The van der Waals surface area contributed by atoms with E-state index < -0.39 is 0 Å². The van der Waals surface area contributed by atoms with Crippen LogP contribution in [0.25, 0.3) is 17.1 Å². The van der Waals surface area contributed by atoms with Crippen molar-refractivity contribution in [3.8, 4) is 22.8 Å². The van der Waals surface area contributed by atoms with Crippen LogP contribution >= 0.6 is 0 Å². The van der Waals surface area contributed by atoms with Crippen molar-refractivity contribution in [3.05, 3.63) is 54.4 Å². The van der Waals surface area contributed by atoms with Gasteiger partial charge in [-0.15, -0.1) is 10.2 Å². The number of benzene rings is 2. The van der Waals surface area contributed by atoms with Gasteiger partial charge in [0.2, 0.25) is 0 Å². The van der Waals surface area contributed by atoms with Crippen LogP contribution < -0.4 is 5.73 Å². The van der Waals surface area contributed by atoms with Crippen molar-refractivity contribution in [2.45, 2.75) is 6.92 Å². The highest BCUT2D eigenvalue weighted by molar-refractivity contribution is 5.73. The Hall–Kier alpha value is -2.82. The Labute approximate surface area is 116 Å². The number of hydrogen-bond acceptors (Lipinski definition) is 4. The van der Waals surface area contributed by atoms with E-state index in [1.165, 1.54) is 0 Å². The summed E-state index contributed by atoms with van der Waals surface area (Å²) in [6, 6.07) is 15.0. The molecule has 0 saturated carbocycles. The molecule has 0 radical (unpaired) electrons. The van der Waals surface area contributed by atoms with Gasteiger partial charge in [0.05, 0.1) is 11.3 Å². The summed E-state index contributed by atoms with van der Waals surface area (Å²) in [4.78, 5) is 0. The molecule has 0 bridgehead atoms. The van der Waals surface area contributed by atoms with Gasteiger partial charge in [0.15, 0.2) is 5.82 Å². The van der Waals surface area contributed by atoms with Crippen LogP contribution in [0, 0.1) is 6.92 Å². The van der Waals surface area contributed by atoms with Gasteiger partial charge in [0, 0.05) is 5.69 Å². The van der Waals surface area contributed by atoms with Gasteiger partial charge in [-0.25, -0.2) is 0 Å². The summed E-state index contributed by atoms with van der Waals surface area (Å²) in [6.45, 7) is 1.87. The predicted molar refractivity (Wildman–Crippen MR) is 77.6 cm³/mol. The fraction of sp³-hybridized carbons (Fsp3) is 0.0667. The Morgan fingerprint density at radius 2 is 1.75 bits per heavy atom. The third-order valence-corrected chi connectivity index (χ3v) is 3.15. The minimum atomic E-state index is 0.0251. The third-order valence-electron chi connectivity index (χ3n) is 3.15. The first kappa shape index (κ1) is 12.2. The monoisotopic (exact) mass is 266 g/mol. The van der Waals surface area contributed by atoms with Gasteiger partial charge in [-0.1, -0.05) is 24.3 Å². The Kier molecular flexibility index (Phi) is 2.87. The SMILES string of the molecule is Cc1nnc(-c2cccc(N)c2O)n1-c1ccccc1. The summed E-state index contributed by atoms with van der Waals surface area (Å²) in [6.07, 6.45) is 0. The maximum absolute atomic E-state index is 10.1. The molecule has 0 spiro atoms. The molecule has 0 amide bonds. The zero-order chi connectivity index (χ0) is 14.1. The Balaban J connectivity index is 2.24. The van der Waals surface area contributed by atoms with E-state index in [9.17, 15) is 5.11 Å². The number of anilines is 1. The van der Waals surface area contributed by atoms with E-state index in [-0.39, 0.29) is 5.75 Å². The van der Waals surface area contributed by atoms with Crippen LogP contribution in [-0.4, -0.2) is 19.9 Å². The molecule has 0 atom stereocenters. The van der Waals surface area contributed by atoms with Crippen LogP contribution in [0.2, 0.25) is 0 Å². The minimum Gasteiger partial charge on any atom is -0.505 e. The van der Waals surface area contributed by atoms with Crippen LogP contribution in [-0.2, 0) is 0 Å². The van der Waals surface area contributed by atoms with Crippen LogP contribution in [0.3, 0.4) is 0 Å². The summed E-state index contributed by atoms with van der Waals surface area (Å²) in [5, 5.41) is 18.4. The standard InChI is InChI=1S/C15H14N4O/c1-10-17-18-15(12-8-5-9-13(16)14(12)20)19(10)11-6-3-2-4-7-11/h2-9,20H,16H2,1H3. The first-order valence-corrected chi connectivity index (χ1v) is 6.24. The lowest BCUT2D eigenvalue weighted by Crippen LogP contribution is -2.00. The van der Waals surface area contributed by atoms with Gasteiger partial charge in [0.1, 0.15) is 11.6 Å².